The predicted molar refractivity (Wildman–Crippen MR) is 86.7 cm³/mol. The van der Waals surface area contributed by atoms with Crippen LogP contribution < -0.4 is 9.46 Å². The van der Waals surface area contributed by atoms with E-state index >= 15 is 0 Å². The van der Waals surface area contributed by atoms with E-state index in [2.05, 4.69) is 41.6 Å². The zero-order chi connectivity index (χ0) is 15.5. The van der Waals surface area contributed by atoms with Crippen LogP contribution in [0.4, 0.5) is 0 Å². The minimum absolute atomic E-state index is 0.155. The third-order valence-corrected chi connectivity index (χ3v) is 5.53. The second kappa shape index (κ2) is 6.87. The van der Waals surface area contributed by atoms with Gasteiger partial charge in [0.1, 0.15) is 0 Å². The van der Waals surface area contributed by atoms with Gasteiger partial charge in [-0.05, 0) is 39.7 Å². The van der Waals surface area contributed by atoms with Crippen molar-refractivity contribution in [3.63, 3.8) is 0 Å². The van der Waals surface area contributed by atoms with Crippen LogP contribution in [-0.2, 0) is 16.6 Å². The third kappa shape index (κ3) is 4.26. The van der Waals surface area contributed by atoms with Crippen LogP contribution in [-0.4, -0.2) is 20.5 Å². The number of halogens is 2. The molecule has 0 aliphatic rings. The van der Waals surface area contributed by atoms with Crippen molar-refractivity contribution in [2.75, 3.05) is 7.11 Å². The number of aromatic nitrogens is 1. The fourth-order valence-electron chi connectivity index (χ4n) is 1.59. The number of methoxy groups -OCH3 is 1. The first-order valence-electron chi connectivity index (χ1n) is 5.86. The molecule has 1 heterocycles. The zero-order valence-corrected chi connectivity index (χ0v) is 15.0. The van der Waals surface area contributed by atoms with Crippen LogP contribution in [0.25, 0.3) is 0 Å². The number of pyridine rings is 1. The van der Waals surface area contributed by atoms with Gasteiger partial charge in [-0.25, -0.2) is 18.1 Å². The maximum absolute atomic E-state index is 12.3. The van der Waals surface area contributed by atoms with Gasteiger partial charge in [0.2, 0.25) is 15.9 Å². The van der Waals surface area contributed by atoms with E-state index in [1.54, 1.807) is 30.5 Å². The first kappa shape index (κ1) is 16.4. The molecule has 0 fully saturated rings. The molecular weight excluding hydrogens is 424 g/mol. The van der Waals surface area contributed by atoms with Gasteiger partial charge in [-0.2, -0.15) is 0 Å². The summed E-state index contributed by atoms with van der Waals surface area (Å²) in [6, 6.07) is 8.32. The first-order valence-corrected chi connectivity index (χ1v) is 8.93. The maximum atomic E-state index is 12.3. The molecule has 0 amide bonds. The number of rotatable bonds is 5. The van der Waals surface area contributed by atoms with E-state index in [9.17, 15) is 8.42 Å². The highest BCUT2D eigenvalue weighted by Crippen LogP contribution is 2.25. The van der Waals surface area contributed by atoms with Crippen molar-refractivity contribution >= 4 is 41.9 Å². The Labute approximate surface area is 140 Å². The van der Waals surface area contributed by atoms with Crippen molar-refractivity contribution in [3.05, 3.63) is 51.0 Å². The first-order chi connectivity index (χ1) is 9.92. The largest absolute Gasteiger partial charge is 0.481 e. The van der Waals surface area contributed by atoms with Gasteiger partial charge in [0, 0.05) is 27.8 Å². The monoisotopic (exact) mass is 434 g/mol. The van der Waals surface area contributed by atoms with E-state index < -0.39 is 10.0 Å². The molecule has 2 rings (SSSR count). The summed E-state index contributed by atoms with van der Waals surface area (Å²) >= 11 is 6.54. The molecule has 5 nitrogen and oxygen atoms in total. The number of hydrogen-bond acceptors (Lipinski definition) is 4. The Kier molecular flexibility index (Phi) is 5.37. The minimum Gasteiger partial charge on any atom is -0.481 e. The molecule has 21 heavy (non-hydrogen) atoms. The van der Waals surface area contributed by atoms with Gasteiger partial charge in [0.15, 0.2) is 0 Å². The molecule has 2 aromatic rings. The Balaban J connectivity index is 2.13. The fourth-order valence-corrected chi connectivity index (χ4v) is 4.35. The highest BCUT2D eigenvalue weighted by Gasteiger charge is 2.17. The highest BCUT2D eigenvalue weighted by molar-refractivity contribution is 9.11. The van der Waals surface area contributed by atoms with Crippen LogP contribution in [0.2, 0.25) is 0 Å². The number of nitrogens with zero attached hydrogens (tertiary/aromatic N) is 1. The lowest BCUT2D eigenvalue weighted by atomic mass is 10.3. The minimum atomic E-state index is -3.60. The summed E-state index contributed by atoms with van der Waals surface area (Å²) in [7, 11) is -2.07. The number of sulfonamides is 1. The molecule has 0 saturated carbocycles. The lowest BCUT2D eigenvalue weighted by Gasteiger charge is -2.09. The molecule has 0 atom stereocenters. The van der Waals surface area contributed by atoms with E-state index in [0.717, 1.165) is 10.0 Å². The quantitative estimate of drug-likeness (QED) is 0.783. The van der Waals surface area contributed by atoms with Crippen molar-refractivity contribution in [3.8, 4) is 5.88 Å². The number of ether oxygens (including phenoxy) is 1. The number of nitrogens with one attached hydrogen (secondary N) is 1. The smallest absolute Gasteiger partial charge is 0.241 e. The highest BCUT2D eigenvalue weighted by atomic mass is 79.9. The molecule has 0 spiro atoms. The van der Waals surface area contributed by atoms with Crippen LogP contribution in [0.5, 0.6) is 5.88 Å². The molecule has 0 aliphatic carbocycles. The van der Waals surface area contributed by atoms with Gasteiger partial charge in [0.25, 0.3) is 0 Å². The van der Waals surface area contributed by atoms with Crippen molar-refractivity contribution in [2.24, 2.45) is 0 Å². The zero-order valence-electron chi connectivity index (χ0n) is 11.0. The van der Waals surface area contributed by atoms with Gasteiger partial charge in [0.05, 0.1) is 12.0 Å². The maximum Gasteiger partial charge on any atom is 0.241 e. The number of benzene rings is 1. The van der Waals surface area contributed by atoms with Crippen LogP contribution in [0.3, 0.4) is 0 Å². The summed E-state index contributed by atoms with van der Waals surface area (Å²) in [5.41, 5.74) is 0.743. The summed E-state index contributed by atoms with van der Waals surface area (Å²) in [6.45, 7) is 0.155. The second-order valence-corrected chi connectivity index (χ2v) is 7.61. The van der Waals surface area contributed by atoms with E-state index in [1.165, 1.54) is 13.2 Å². The van der Waals surface area contributed by atoms with Crippen LogP contribution in [0, 0.1) is 0 Å². The third-order valence-electron chi connectivity index (χ3n) is 2.66. The molecule has 0 saturated heterocycles. The Morgan fingerprint density at radius 1 is 1.24 bits per heavy atom. The Morgan fingerprint density at radius 2 is 2.00 bits per heavy atom. The van der Waals surface area contributed by atoms with Gasteiger partial charge < -0.3 is 4.74 Å². The molecule has 1 N–H and O–H groups in total. The standard InChI is InChI=1S/C13H12Br2N2O3S/c1-20-13-5-2-9(7-16-13)8-17-21(18,19)12-4-3-10(14)6-11(12)15/h2-7,17H,8H2,1H3. The molecule has 0 radical (unpaired) electrons. The Hall–Kier alpha value is -0.960. The summed E-state index contributed by atoms with van der Waals surface area (Å²) in [4.78, 5) is 4.21. The molecule has 112 valence electrons. The summed E-state index contributed by atoms with van der Waals surface area (Å²) in [5, 5.41) is 0. The van der Waals surface area contributed by atoms with E-state index in [4.69, 9.17) is 4.74 Å². The summed E-state index contributed by atoms with van der Waals surface area (Å²) in [5.74, 6) is 0.484. The average Bonchev–Trinajstić information content (AvgIpc) is 2.45. The lowest BCUT2D eigenvalue weighted by Crippen LogP contribution is -2.23. The van der Waals surface area contributed by atoms with E-state index in [0.29, 0.717) is 10.4 Å². The molecule has 1 aromatic carbocycles. The average molecular weight is 436 g/mol. The van der Waals surface area contributed by atoms with Gasteiger partial charge in [-0.15, -0.1) is 0 Å². The molecular formula is C13H12Br2N2O3S. The van der Waals surface area contributed by atoms with Gasteiger partial charge in [-0.3, -0.25) is 0 Å². The molecule has 1 aromatic heterocycles. The van der Waals surface area contributed by atoms with Crippen molar-refractivity contribution in [1.82, 2.24) is 9.71 Å². The molecule has 0 aliphatic heterocycles. The normalized spacial score (nSPS) is 11.4. The summed E-state index contributed by atoms with van der Waals surface area (Å²) < 4.78 is 33.3. The Bertz CT molecular complexity index is 734. The number of hydrogen-bond donors (Lipinski definition) is 1. The van der Waals surface area contributed by atoms with Crippen molar-refractivity contribution in [2.45, 2.75) is 11.4 Å². The fraction of sp³-hybridized carbons (Fsp3) is 0.154. The Morgan fingerprint density at radius 3 is 2.57 bits per heavy atom. The van der Waals surface area contributed by atoms with Crippen LogP contribution in [0.15, 0.2) is 50.4 Å². The van der Waals surface area contributed by atoms with Crippen LogP contribution in [0.1, 0.15) is 5.56 Å². The molecule has 8 heteroatoms. The second-order valence-electron chi connectivity index (χ2n) is 4.11. The molecule has 0 bridgehead atoms. The van der Waals surface area contributed by atoms with E-state index in [-0.39, 0.29) is 11.4 Å². The van der Waals surface area contributed by atoms with Gasteiger partial charge >= 0.3 is 0 Å². The van der Waals surface area contributed by atoms with Gasteiger partial charge in [-0.1, -0.05) is 22.0 Å². The topological polar surface area (TPSA) is 68.3 Å². The van der Waals surface area contributed by atoms with E-state index in [1.807, 2.05) is 0 Å². The predicted octanol–water partition coefficient (Wildman–Crippen LogP) is 3.09. The van der Waals surface area contributed by atoms with Crippen molar-refractivity contribution < 1.29 is 13.2 Å². The SMILES string of the molecule is COc1ccc(CNS(=O)(=O)c2ccc(Br)cc2Br)cn1. The molecule has 0 unspecified atom stereocenters. The summed E-state index contributed by atoms with van der Waals surface area (Å²) in [6.07, 6.45) is 1.57. The van der Waals surface area contributed by atoms with Crippen LogP contribution >= 0.6 is 31.9 Å². The van der Waals surface area contributed by atoms with Crippen molar-refractivity contribution in [1.29, 1.82) is 0 Å². The lowest BCUT2D eigenvalue weighted by molar-refractivity contribution is 0.397.